The Hall–Kier alpha value is -2.25. The minimum Gasteiger partial charge on any atom is -0.306 e. The van der Waals surface area contributed by atoms with Crippen molar-refractivity contribution in [3.63, 3.8) is 0 Å². The number of hydrogen-bond donors (Lipinski definition) is 1. The second-order valence-corrected chi connectivity index (χ2v) is 6.29. The maximum absolute atomic E-state index is 12.3. The molecule has 2 heterocycles. The van der Waals surface area contributed by atoms with Crippen LogP contribution in [0, 0.1) is 13.8 Å². The molecule has 2 aromatic heterocycles. The van der Waals surface area contributed by atoms with E-state index in [1.807, 2.05) is 6.92 Å². The van der Waals surface area contributed by atoms with Crippen molar-refractivity contribution in [2.24, 2.45) is 0 Å². The maximum atomic E-state index is 12.3. The SMILES string of the molecule is Cc1nc2c(=O)n(C(=O)Nc3ccc(Cl)cc3)nc(C)c2s1. The Kier molecular flexibility index (Phi) is 3.67. The highest BCUT2D eigenvalue weighted by Gasteiger charge is 2.16. The molecule has 22 heavy (non-hydrogen) atoms. The molecule has 1 amide bonds. The third kappa shape index (κ3) is 2.60. The van der Waals surface area contributed by atoms with Gasteiger partial charge >= 0.3 is 11.6 Å². The summed E-state index contributed by atoms with van der Waals surface area (Å²) in [5.41, 5.74) is 0.847. The van der Waals surface area contributed by atoms with Gasteiger partial charge in [0.05, 0.1) is 15.4 Å². The van der Waals surface area contributed by atoms with Gasteiger partial charge in [-0.2, -0.15) is 5.10 Å². The Labute approximate surface area is 134 Å². The first-order chi connectivity index (χ1) is 10.5. The number of carbonyl (C=O) groups is 1. The largest absolute Gasteiger partial charge is 0.349 e. The molecule has 0 spiro atoms. The van der Waals surface area contributed by atoms with Crippen molar-refractivity contribution in [1.82, 2.24) is 14.8 Å². The molecule has 6 nitrogen and oxygen atoms in total. The van der Waals surface area contributed by atoms with Gasteiger partial charge in [-0.15, -0.1) is 16.0 Å². The molecule has 112 valence electrons. The predicted octanol–water partition coefficient (Wildman–Crippen LogP) is 3.20. The second kappa shape index (κ2) is 5.51. The first kappa shape index (κ1) is 14.7. The second-order valence-electron chi connectivity index (χ2n) is 4.65. The molecule has 0 radical (unpaired) electrons. The fraction of sp³-hybridized carbons (Fsp3) is 0.143. The van der Waals surface area contributed by atoms with Crippen LogP contribution in [-0.4, -0.2) is 20.8 Å². The standard InChI is InChI=1S/C14H11ClN4O2S/c1-7-12-11(16-8(2)22-12)13(20)19(18-7)14(21)17-10-5-3-9(15)4-6-10/h3-6H,1-2H3,(H,17,21). The van der Waals surface area contributed by atoms with Gasteiger partial charge in [0.1, 0.15) is 0 Å². The van der Waals surface area contributed by atoms with Crippen LogP contribution >= 0.6 is 22.9 Å². The molecule has 3 rings (SSSR count). The van der Waals surface area contributed by atoms with E-state index in [-0.39, 0.29) is 5.52 Å². The maximum Gasteiger partial charge on any atom is 0.349 e. The minimum absolute atomic E-state index is 0.265. The van der Waals surface area contributed by atoms with E-state index in [2.05, 4.69) is 15.4 Å². The highest BCUT2D eigenvalue weighted by atomic mass is 35.5. The quantitative estimate of drug-likeness (QED) is 0.741. The summed E-state index contributed by atoms with van der Waals surface area (Å²) in [7, 11) is 0. The van der Waals surface area contributed by atoms with Gasteiger partial charge < -0.3 is 5.32 Å². The molecule has 1 aromatic carbocycles. The molecule has 0 aliphatic carbocycles. The zero-order valence-electron chi connectivity index (χ0n) is 11.8. The Morgan fingerprint density at radius 1 is 1.27 bits per heavy atom. The zero-order chi connectivity index (χ0) is 15.9. The van der Waals surface area contributed by atoms with Crippen LogP contribution in [0.15, 0.2) is 29.1 Å². The molecule has 8 heteroatoms. The van der Waals surface area contributed by atoms with E-state index in [1.54, 1.807) is 31.2 Å². The van der Waals surface area contributed by atoms with Gasteiger partial charge in [-0.1, -0.05) is 11.6 Å². The molecule has 3 aromatic rings. The van der Waals surface area contributed by atoms with Gasteiger partial charge in [0.15, 0.2) is 5.52 Å². The third-order valence-electron chi connectivity index (χ3n) is 3.00. The van der Waals surface area contributed by atoms with E-state index in [0.29, 0.717) is 21.1 Å². The number of hydrogen-bond acceptors (Lipinski definition) is 5. The molecule has 0 aliphatic heterocycles. The zero-order valence-corrected chi connectivity index (χ0v) is 13.3. The Morgan fingerprint density at radius 3 is 2.64 bits per heavy atom. The van der Waals surface area contributed by atoms with Crippen molar-refractivity contribution >= 4 is 44.9 Å². The number of fused-ring (bicyclic) bond motifs is 1. The first-order valence-corrected chi connectivity index (χ1v) is 7.59. The van der Waals surface area contributed by atoms with Crippen molar-refractivity contribution < 1.29 is 4.79 Å². The van der Waals surface area contributed by atoms with Crippen molar-refractivity contribution in [3.8, 4) is 0 Å². The molecule has 0 saturated carbocycles. The molecule has 0 fully saturated rings. The summed E-state index contributed by atoms with van der Waals surface area (Å²) in [6, 6.07) is 5.94. The number of rotatable bonds is 1. The smallest absolute Gasteiger partial charge is 0.306 e. The van der Waals surface area contributed by atoms with Crippen molar-refractivity contribution in [1.29, 1.82) is 0 Å². The number of nitrogens with one attached hydrogen (secondary N) is 1. The molecule has 0 bridgehead atoms. The van der Waals surface area contributed by atoms with Crippen LogP contribution in [0.4, 0.5) is 10.5 Å². The van der Waals surface area contributed by atoms with E-state index in [1.165, 1.54) is 11.3 Å². The van der Waals surface area contributed by atoms with Crippen LogP contribution in [-0.2, 0) is 0 Å². The highest BCUT2D eigenvalue weighted by molar-refractivity contribution is 7.18. The van der Waals surface area contributed by atoms with E-state index >= 15 is 0 Å². The number of amides is 1. The number of aromatic nitrogens is 3. The fourth-order valence-electron chi connectivity index (χ4n) is 2.01. The number of halogens is 1. The van der Waals surface area contributed by atoms with Crippen LogP contribution in [0.1, 0.15) is 10.7 Å². The van der Waals surface area contributed by atoms with Crippen molar-refractivity contribution in [2.75, 3.05) is 5.32 Å². The van der Waals surface area contributed by atoms with Crippen molar-refractivity contribution in [3.05, 3.63) is 50.3 Å². The van der Waals surface area contributed by atoms with Gasteiger partial charge in [0.2, 0.25) is 0 Å². The molecule has 0 aliphatic rings. The average Bonchev–Trinajstić information content (AvgIpc) is 2.88. The topological polar surface area (TPSA) is 76.9 Å². The average molecular weight is 335 g/mol. The van der Waals surface area contributed by atoms with Crippen LogP contribution in [0.3, 0.4) is 0 Å². The molecular formula is C14H11ClN4O2S. The summed E-state index contributed by atoms with van der Waals surface area (Å²) in [4.78, 5) is 28.8. The van der Waals surface area contributed by atoms with E-state index in [0.717, 1.165) is 9.69 Å². The van der Waals surface area contributed by atoms with Gasteiger partial charge in [-0.05, 0) is 38.1 Å². The van der Waals surface area contributed by atoms with Gasteiger partial charge in [-0.25, -0.2) is 9.78 Å². The number of benzene rings is 1. The number of thiazole rings is 1. The van der Waals surface area contributed by atoms with E-state index in [9.17, 15) is 9.59 Å². The highest BCUT2D eigenvalue weighted by Crippen LogP contribution is 2.20. The van der Waals surface area contributed by atoms with E-state index in [4.69, 9.17) is 11.6 Å². The summed E-state index contributed by atoms with van der Waals surface area (Å²) < 4.78 is 1.50. The van der Waals surface area contributed by atoms with Crippen molar-refractivity contribution in [2.45, 2.75) is 13.8 Å². The summed E-state index contributed by atoms with van der Waals surface area (Å²) in [6.07, 6.45) is 0. The number of nitrogens with zero attached hydrogens (tertiary/aromatic N) is 3. The van der Waals surface area contributed by atoms with Crippen LogP contribution in [0.25, 0.3) is 10.2 Å². The van der Waals surface area contributed by atoms with Gasteiger partial charge in [0.25, 0.3) is 0 Å². The molecule has 0 saturated heterocycles. The number of aryl methyl sites for hydroxylation is 2. The summed E-state index contributed by atoms with van der Waals surface area (Å²) in [6.45, 7) is 3.55. The molecular weight excluding hydrogens is 324 g/mol. The Balaban J connectivity index is 2.02. The van der Waals surface area contributed by atoms with Gasteiger partial charge in [-0.3, -0.25) is 4.79 Å². The normalized spacial score (nSPS) is 10.9. The van der Waals surface area contributed by atoms with Crippen LogP contribution in [0.2, 0.25) is 5.02 Å². The lowest BCUT2D eigenvalue weighted by molar-refractivity contribution is 0.249. The summed E-state index contributed by atoms with van der Waals surface area (Å²) >= 11 is 7.18. The third-order valence-corrected chi connectivity index (χ3v) is 4.33. The lowest BCUT2D eigenvalue weighted by Crippen LogP contribution is -2.33. The predicted molar refractivity (Wildman–Crippen MR) is 87.0 cm³/mol. The Morgan fingerprint density at radius 2 is 1.95 bits per heavy atom. The van der Waals surface area contributed by atoms with Gasteiger partial charge in [0, 0.05) is 10.7 Å². The first-order valence-electron chi connectivity index (χ1n) is 6.39. The fourth-order valence-corrected chi connectivity index (χ4v) is 2.98. The Bertz CT molecular complexity index is 930. The number of carbonyl (C=O) groups excluding carboxylic acids is 1. The number of anilines is 1. The lowest BCUT2D eigenvalue weighted by atomic mass is 10.3. The molecule has 0 atom stereocenters. The molecule has 1 N–H and O–H groups in total. The summed E-state index contributed by atoms with van der Waals surface area (Å²) in [5.74, 6) is 0. The van der Waals surface area contributed by atoms with Crippen LogP contribution in [0.5, 0.6) is 0 Å². The molecule has 0 unspecified atom stereocenters. The van der Waals surface area contributed by atoms with Crippen LogP contribution < -0.4 is 10.9 Å². The van der Waals surface area contributed by atoms with E-state index < -0.39 is 11.6 Å². The monoisotopic (exact) mass is 334 g/mol. The lowest BCUT2D eigenvalue weighted by Gasteiger charge is -2.07. The minimum atomic E-state index is -0.636. The summed E-state index contributed by atoms with van der Waals surface area (Å²) in [5, 5.41) is 7.98.